The second-order valence-corrected chi connectivity index (χ2v) is 8.26. The van der Waals surface area contributed by atoms with Crippen molar-refractivity contribution in [3.05, 3.63) is 63.2 Å². The average Bonchev–Trinajstić information content (AvgIpc) is 2.83. The lowest BCUT2D eigenvalue weighted by molar-refractivity contribution is -0.384. The summed E-state index contributed by atoms with van der Waals surface area (Å²) in [6.07, 6.45) is 1.10. The molecule has 1 N–H and O–H groups in total. The minimum absolute atomic E-state index is 0.0974. The Balaban J connectivity index is 1.46. The van der Waals surface area contributed by atoms with E-state index in [2.05, 4.69) is 5.32 Å². The number of hydrogen-bond donors (Lipinski definition) is 1. The lowest BCUT2D eigenvalue weighted by atomic mass is 10.1. The van der Waals surface area contributed by atoms with Gasteiger partial charge >= 0.3 is 0 Å². The minimum atomic E-state index is -0.544. The predicted molar refractivity (Wildman–Crippen MR) is 126 cm³/mol. The number of anilines is 1. The van der Waals surface area contributed by atoms with E-state index in [4.69, 9.17) is 16.3 Å². The van der Waals surface area contributed by atoms with Gasteiger partial charge in [-0.2, -0.15) is 0 Å². The van der Waals surface area contributed by atoms with Gasteiger partial charge in [0.05, 0.1) is 28.8 Å². The van der Waals surface area contributed by atoms with E-state index in [1.165, 1.54) is 18.2 Å². The number of aryl methyl sites for hydroxylation is 1. The van der Waals surface area contributed by atoms with Crippen molar-refractivity contribution in [2.75, 3.05) is 38.6 Å². The summed E-state index contributed by atoms with van der Waals surface area (Å²) in [5.74, 6) is 0.625. The summed E-state index contributed by atoms with van der Waals surface area (Å²) in [4.78, 5) is 39.4. The van der Waals surface area contributed by atoms with Gasteiger partial charge in [-0.1, -0.05) is 23.7 Å². The molecule has 1 saturated heterocycles. The maximum Gasteiger partial charge on any atom is 0.271 e. The van der Waals surface area contributed by atoms with E-state index in [1.54, 1.807) is 14.0 Å². The number of ether oxygens (including phenoxy) is 1. The molecular weight excluding hydrogens is 448 g/mol. The summed E-state index contributed by atoms with van der Waals surface area (Å²) < 4.78 is 5.15. The smallest absolute Gasteiger partial charge is 0.271 e. The quantitative estimate of drug-likeness (QED) is 0.464. The van der Waals surface area contributed by atoms with Crippen molar-refractivity contribution in [2.24, 2.45) is 0 Å². The molecule has 1 unspecified atom stereocenters. The first-order valence-corrected chi connectivity index (χ1v) is 11.1. The normalized spacial score (nSPS) is 15.1. The van der Waals surface area contributed by atoms with Crippen molar-refractivity contribution in [1.82, 2.24) is 9.80 Å². The van der Waals surface area contributed by atoms with Gasteiger partial charge in [-0.15, -0.1) is 0 Å². The number of benzene rings is 2. The first kappa shape index (κ1) is 24.5. The number of nitro benzene ring substituents is 1. The van der Waals surface area contributed by atoms with Gasteiger partial charge in [0.25, 0.3) is 5.69 Å². The summed E-state index contributed by atoms with van der Waals surface area (Å²) >= 11 is 6.07. The summed E-state index contributed by atoms with van der Waals surface area (Å²) in [5, 5.41) is 13.7. The van der Waals surface area contributed by atoms with Crippen molar-refractivity contribution in [2.45, 2.75) is 25.8 Å². The molecule has 0 radical (unpaired) electrons. The van der Waals surface area contributed by atoms with Crippen LogP contribution in [0.25, 0.3) is 0 Å². The molecule has 1 fully saturated rings. The number of carbonyl (C=O) groups is 2. The Bertz CT molecular complexity index is 1010. The average molecular weight is 475 g/mol. The van der Waals surface area contributed by atoms with E-state index in [1.807, 2.05) is 34.1 Å². The van der Waals surface area contributed by atoms with Crippen molar-refractivity contribution in [3.63, 3.8) is 0 Å². The zero-order valence-corrected chi connectivity index (χ0v) is 19.4. The van der Waals surface area contributed by atoms with E-state index >= 15 is 0 Å². The third-order valence-corrected chi connectivity index (χ3v) is 6.11. The number of non-ortho nitro benzene ring substituents is 1. The molecule has 0 spiro atoms. The third-order valence-electron chi connectivity index (χ3n) is 5.80. The van der Waals surface area contributed by atoms with Crippen LogP contribution in [0.4, 0.5) is 11.4 Å². The van der Waals surface area contributed by atoms with Crippen LogP contribution in [0, 0.1) is 10.1 Å². The van der Waals surface area contributed by atoms with Crippen LogP contribution in [0.2, 0.25) is 5.02 Å². The standard InChI is InChI=1S/C23H27ClN4O5/c1-16(23(30)25-21-9-6-18(28(31)32)15-20(21)24)26-11-13-27(14-12-26)22(29)10-5-17-3-7-19(33-2)8-4-17/h3-4,6-9,15-16H,5,10-14H2,1-2H3,(H,25,30). The number of nitrogens with one attached hydrogen (secondary N) is 1. The highest BCUT2D eigenvalue weighted by Crippen LogP contribution is 2.27. The Morgan fingerprint density at radius 3 is 2.39 bits per heavy atom. The minimum Gasteiger partial charge on any atom is -0.497 e. The Morgan fingerprint density at radius 2 is 1.82 bits per heavy atom. The maximum atomic E-state index is 12.7. The van der Waals surface area contributed by atoms with Gasteiger partial charge in [0.15, 0.2) is 0 Å². The largest absolute Gasteiger partial charge is 0.497 e. The van der Waals surface area contributed by atoms with Crippen LogP contribution in [0.15, 0.2) is 42.5 Å². The van der Waals surface area contributed by atoms with Gasteiger partial charge in [0.1, 0.15) is 5.75 Å². The molecule has 2 aromatic rings. The van der Waals surface area contributed by atoms with Gasteiger partial charge < -0.3 is 15.0 Å². The summed E-state index contributed by atoms with van der Waals surface area (Å²) in [6, 6.07) is 11.2. The van der Waals surface area contributed by atoms with E-state index in [0.29, 0.717) is 44.7 Å². The maximum absolute atomic E-state index is 12.7. The Labute approximate surface area is 197 Å². The van der Waals surface area contributed by atoms with Crippen LogP contribution in [0.1, 0.15) is 18.9 Å². The highest BCUT2D eigenvalue weighted by molar-refractivity contribution is 6.34. The molecule has 9 nitrogen and oxygen atoms in total. The lowest BCUT2D eigenvalue weighted by Gasteiger charge is -2.37. The topological polar surface area (TPSA) is 105 Å². The molecule has 10 heteroatoms. The van der Waals surface area contributed by atoms with Gasteiger partial charge in [-0.3, -0.25) is 24.6 Å². The molecule has 0 bridgehead atoms. The van der Waals surface area contributed by atoms with Crippen LogP contribution in [-0.2, 0) is 16.0 Å². The van der Waals surface area contributed by atoms with Gasteiger partial charge in [0.2, 0.25) is 11.8 Å². The molecular formula is C23H27ClN4O5. The van der Waals surface area contributed by atoms with Crippen LogP contribution in [0.5, 0.6) is 5.75 Å². The molecule has 2 aromatic carbocycles. The van der Waals surface area contributed by atoms with Crippen molar-refractivity contribution < 1.29 is 19.2 Å². The molecule has 0 saturated carbocycles. The molecule has 3 rings (SSSR count). The zero-order valence-electron chi connectivity index (χ0n) is 18.6. The first-order valence-electron chi connectivity index (χ1n) is 10.7. The molecule has 1 aliphatic rings. The van der Waals surface area contributed by atoms with Crippen molar-refractivity contribution in [3.8, 4) is 5.75 Å². The lowest BCUT2D eigenvalue weighted by Crippen LogP contribution is -2.54. The molecule has 0 aliphatic carbocycles. The fourth-order valence-corrected chi connectivity index (χ4v) is 3.90. The number of rotatable bonds is 8. The molecule has 0 aromatic heterocycles. The Morgan fingerprint density at radius 1 is 1.15 bits per heavy atom. The monoisotopic (exact) mass is 474 g/mol. The zero-order chi connectivity index (χ0) is 24.0. The number of hydrogen-bond acceptors (Lipinski definition) is 6. The highest BCUT2D eigenvalue weighted by atomic mass is 35.5. The van der Waals surface area contributed by atoms with Gasteiger partial charge in [-0.25, -0.2) is 0 Å². The summed E-state index contributed by atoms with van der Waals surface area (Å²) in [7, 11) is 1.62. The van der Waals surface area contributed by atoms with E-state index < -0.39 is 11.0 Å². The molecule has 1 aliphatic heterocycles. The van der Waals surface area contributed by atoms with Crippen LogP contribution in [0.3, 0.4) is 0 Å². The fourth-order valence-electron chi connectivity index (χ4n) is 3.68. The van der Waals surface area contributed by atoms with Gasteiger partial charge in [0, 0.05) is 44.7 Å². The molecule has 2 amide bonds. The predicted octanol–water partition coefficient (Wildman–Crippen LogP) is 3.36. The number of amides is 2. The van der Waals surface area contributed by atoms with E-state index in [0.717, 1.165) is 11.3 Å². The van der Waals surface area contributed by atoms with E-state index in [9.17, 15) is 19.7 Å². The number of halogens is 1. The van der Waals surface area contributed by atoms with E-state index in [-0.39, 0.29) is 22.5 Å². The van der Waals surface area contributed by atoms with Crippen LogP contribution in [-0.4, -0.2) is 65.9 Å². The summed E-state index contributed by atoms with van der Waals surface area (Å²) in [5.41, 5.74) is 1.27. The summed E-state index contributed by atoms with van der Waals surface area (Å²) in [6.45, 7) is 4.05. The number of piperazine rings is 1. The first-order chi connectivity index (χ1) is 15.8. The molecule has 1 atom stereocenters. The van der Waals surface area contributed by atoms with Crippen LogP contribution >= 0.6 is 11.6 Å². The van der Waals surface area contributed by atoms with Crippen LogP contribution < -0.4 is 10.1 Å². The fraction of sp³-hybridized carbons (Fsp3) is 0.391. The molecule has 176 valence electrons. The SMILES string of the molecule is COc1ccc(CCC(=O)N2CCN(C(C)C(=O)Nc3ccc([N+](=O)[O-])cc3Cl)CC2)cc1. The van der Waals surface area contributed by atoms with Gasteiger partial charge in [-0.05, 0) is 37.1 Å². The Kier molecular flexibility index (Phi) is 8.24. The number of carbonyl (C=O) groups excluding carboxylic acids is 2. The highest BCUT2D eigenvalue weighted by Gasteiger charge is 2.27. The Hall–Kier alpha value is -3.17. The molecule has 33 heavy (non-hydrogen) atoms. The molecule has 1 heterocycles. The second kappa shape index (κ2) is 11.1. The van der Waals surface area contributed by atoms with Crippen molar-refractivity contribution >= 4 is 34.8 Å². The number of nitro groups is 1. The second-order valence-electron chi connectivity index (χ2n) is 7.85. The third kappa shape index (κ3) is 6.43. The number of nitrogens with zero attached hydrogens (tertiary/aromatic N) is 3. The number of methoxy groups -OCH3 is 1. The van der Waals surface area contributed by atoms with Crippen molar-refractivity contribution in [1.29, 1.82) is 0 Å².